The molecule has 0 fully saturated rings. The highest BCUT2D eigenvalue weighted by molar-refractivity contribution is 6.31. The van der Waals surface area contributed by atoms with Crippen LogP contribution in [0.1, 0.15) is 31.1 Å². The third-order valence-electron chi connectivity index (χ3n) is 3.00. The number of rotatable bonds is 4. The molecule has 0 aliphatic rings. The number of hydrogen-bond acceptors (Lipinski definition) is 2. The second-order valence-corrected chi connectivity index (χ2v) is 4.75. The minimum absolute atomic E-state index is 0.287. The third kappa shape index (κ3) is 2.57. The van der Waals surface area contributed by atoms with Crippen LogP contribution in [0.3, 0.4) is 0 Å². The summed E-state index contributed by atoms with van der Waals surface area (Å²) in [5, 5.41) is 8.56. The zero-order valence-corrected chi connectivity index (χ0v) is 11.7. The van der Waals surface area contributed by atoms with Gasteiger partial charge in [0.15, 0.2) is 0 Å². The lowest BCUT2D eigenvalue weighted by Gasteiger charge is -2.16. The van der Waals surface area contributed by atoms with E-state index in [1.54, 1.807) is 0 Å². The van der Waals surface area contributed by atoms with Gasteiger partial charge < -0.3 is 5.32 Å². The molecule has 1 atom stereocenters. The van der Waals surface area contributed by atoms with Crippen molar-refractivity contribution in [3.8, 4) is 5.69 Å². The van der Waals surface area contributed by atoms with Crippen LogP contribution in [0.25, 0.3) is 5.69 Å². The fourth-order valence-corrected chi connectivity index (χ4v) is 2.17. The minimum Gasteiger partial charge on any atom is -0.310 e. The largest absolute Gasteiger partial charge is 0.310 e. The molecular formula is C14H18ClN3. The molecule has 2 rings (SSSR count). The Morgan fingerprint density at radius 3 is 2.72 bits per heavy atom. The van der Waals surface area contributed by atoms with Gasteiger partial charge in [-0.05, 0) is 32.0 Å². The average molecular weight is 264 g/mol. The summed E-state index contributed by atoms with van der Waals surface area (Å²) in [6, 6.07) is 8.53. The van der Waals surface area contributed by atoms with Gasteiger partial charge >= 0.3 is 0 Å². The Bertz CT molecular complexity index is 514. The van der Waals surface area contributed by atoms with Crippen LogP contribution in [0.4, 0.5) is 0 Å². The lowest BCUT2D eigenvalue weighted by atomic mass is 10.1. The van der Waals surface area contributed by atoms with Crippen LogP contribution >= 0.6 is 11.6 Å². The van der Waals surface area contributed by atoms with Gasteiger partial charge in [0.25, 0.3) is 0 Å². The number of halogens is 1. The average Bonchev–Trinajstić information content (AvgIpc) is 2.70. The molecule has 96 valence electrons. The van der Waals surface area contributed by atoms with Crippen molar-refractivity contribution < 1.29 is 0 Å². The van der Waals surface area contributed by atoms with Crippen molar-refractivity contribution in [1.29, 1.82) is 0 Å². The molecule has 0 bridgehead atoms. The van der Waals surface area contributed by atoms with Crippen LogP contribution in [0.2, 0.25) is 5.02 Å². The number of para-hydroxylation sites is 1. The predicted octanol–water partition coefficient (Wildman–Crippen LogP) is 3.50. The first-order chi connectivity index (χ1) is 8.63. The van der Waals surface area contributed by atoms with Gasteiger partial charge in [0.1, 0.15) is 0 Å². The van der Waals surface area contributed by atoms with Crippen LogP contribution < -0.4 is 5.32 Å². The summed E-state index contributed by atoms with van der Waals surface area (Å²) < 4.78 is 1.85. The Morgan fingerprint density at radius 1 is 1.39 bits per heavy atom. The molecule has 1 aromatic carbocycles. The van der Waals surface area contributed by atoms with Crippen LogP contribution in [-0.2, 0) is 0 Å². The van der Waals surface area contributed by atoms with Gasteiger partial charge in [-0.15, -0.1) is 0 Å². The van der Waals surface area contributed by atoms with Gasteiger partial charge in [0, 0.05) is 12.2 Å². The summed E-state index contributed by atoms with van der Waals surface area (Å²) in [7, 11) is 0. The first-order valence-corrected chi connectivity index (χ1v) is 6.55. The number of benzene rings is 1. The van der Waals surface area contributed by atoms with Crippen LogP contribution in [-0.4, -0.2) is 16.3 Å². The van der Waals surface area contributed by atoms with E-state index in [4.69, 9.17) is 11.6 Å². The molecule has 0 radical (unpaired) electrons. The van der Waals surface area contributed by atoms with Crippen molar-refractivity contribution in [2.75, 3.05) is 6.54 Å². The van der Waals surface area contributed by atoms with Crippen molar-refractivity contribution in [2.45, 2.75) is 26.8 Å². The van der Waals surface area contributed by atoms with Crippen molar-refractivity contribution in [3.05, 3.63) is 46.7 Å². The Morgan fingerprint density at radius 2 is 2.11 bits per heavy atom. The smallest absolute Gasteiger partial charge is 0.0819 e. The van der Waals surface area contributed by atoms with Gasteiger partial charge in [0.05, 0.1) is 16.4 Å². The molecule has 18 heavy (non-hydrogen) atoms. The number of hydrogen-bond donors (Lipinski definition) is 1. The molecule has 0 saturated carbocycles. The van der Waals surface area contributed by atoms with Gasteiger partial charge in [0.2, 0.25) is 0 Å². The summed E-state index contributed by atoms with van der Waals surface area (Å²) in [6.45, 7) is 7.11. The van der Waals surface area contributed by atoms with Crippen LogP contribution in [0.5, 0.6) is 0 Å². The third-order valence-corrected chi connectivity index (χ3v) is 3.37. The molecule has 0 aliphatic heterocycles. The first-order valence-electron chi connectivity index (χ1n) is 6.18. The summed E-state index contributed by atoms with van der Waals surface area (Å²) in [6.07, 6.45) is 1.86. The minimum atomic E-state index is 0.287. The van der Waals surface area contributed by atoms with E-state index in [9.17, 15) is 0 Å². The molecule has 1 aromatic heterocycles. The molecule has 4 heteroatoms. The van der Waals surface area contributed by atoms with Crippen molar-refractivity contribution in [1.82, 2.24) is 15.1 Å². The fraction of sp³-hybridized carbons (Fsp3) is 0.357. The normalized spacial score (nSPS) is 12.7. The number of nitrogens with one attached hydrogen (secondary N) is 1. The molecular weight excluding hydrogens is 246 g/mol. The van der Waals surface area contributed by atoms with Gasteiger partial charge in [-0.1, -0.05) is 36.7 Å². The Labute approximate surface area is 113 Å². The molecule has 2 aromatic rings. The topological polar surface area (TPSA) is 29.9 Å². The Kier molecular flexibility index (Phi) is 4.04. The lowest BCUT2D eigenvalue weighted by Crippen LogP contribution is -2.19. The van der Waals surface area contributed by atoms with Gasteiger partial charge in [-0.25, -0.2) is 4.68 Å². The summed E-state index contributed by atoms with van der Waals surface area (Å²) >= 11 is 6.07. The zero-order valence-electron chi connectivity index (χ0n) is 10.9. The maximum atomic E-state index is 6.07. The van der Waals surface area contributed by atoms with Gasteiger partial charge in [-0.2, -0.15) is 5.10 Å². The molecule has 0 spiro atoms. The maximum Gasteiger partial charge on any atom is 0.0819 e. The maximum absolute atomic E-state index is 6.07. The van der Waals surface area contributed by atoms with E-state index in [0.29, 0.717) is 5.02 Å². The molecule has 1 N–H and O–H groups in total. The number of aryl methyl sites for hydroxylation is 1. The van der Waals surface area contributed by atoms with E-state index >= 15 is 0 Å². The molecule has 0 saturated heterocycles. The summed E-state index contributed by atoms with van der Waals surface area (Å²) in [4.78, 5) is 0. The highest BCUT2D eigenvalue weighted by Crippen LogP contribution is 2.23. The quantitative estimate of drug-likeness (QED) is 0.915. The number of aromatic nitrogens is 2. The van der Waals surface area contributed by atoms with Crippen LogP contribution in [0.15, 0.2) is 30.5 Å². The monoisotopic (exact) mass is 263 g/mol. The van der Waals surface area contributed by atoms with Crippen LogP contribution in [0, 0.1) is 6.92 Å². The molecule has 1 unspecified atom stereocenters. The fourth-order valence-electron chi connectivity index (χ4n) is 2.04. The van der Waals surface area contributed by atoms with E-state index in [1.807, 2.05) is 29.9 Å². The summed E-state index contributed by atoms with van der Waals surface area (Å²) in [5.41, 5.74) is 3.14. The first kappa shape index (κ1) is 13.1. The summed E-state index contributed by atoms with van der Waals surface area (Å²) in [5.74, 6) is 0. The van der Waals surface area contributed by atoms with E-state index in [2.05, 4.69) is 36.4 Å². The second kappa shape index (κ2) is 5.55. The highest BCUT2D eigenvalue weighted by Gasteiger charge is 2.12. The molecule has 3 nitrogen and oxygen atoms in total. The Balaban J connectivity index is 2.44. The lowest BCUT2D eigenvalue weighted by molar-refractivity contribution is 0.593. The van der Waals surface area contributed by atoms with E-state index in [-0.39, 0.29) is 6.04 Å². The molecule has 1 heterocycles. The van der Waals surface area contributed by atoms with Crippen molar-refractivity contribution in [2.24, 2.45) is 0 Å². The second-order valence-electron chi connectivity index (χ2n) is 4.35. The predicted molar refractivity (Wildman–Crippen MR) is 75.4 cm³/mol. The molecule has 0 amide bonds. The van der Waals surface area contributed by atoms with E-state index in [0.717, 1.165) is 17.9 Å². The standard InChI is InChI=1S/C14H18ClN3/c1-4-16-10(2)12-7-5-6-8-14(12)18-9-13(15)11(3)17-18/h5-10,16H,4H2,1-3H3. The molecule has 0 aliphatic carbocycles. The van der Waals surface area contributed by atoms with Crippen molar-refractivity contribution in [3.63, 3.8) is 0 Å². The van der Waals surface area contributed by atoms with Crippen molar-refractivity contribution >= 4 is 11.6 Å². The SMILES string of the molecule is CCNC(C)c1ccccc1-n1cc(Cl)c(C)n1. The number of nitrogens with zero attached hydrogens (tertiary/aromatic N) is 2. The van der Waals surface area contributed by atoms with E-state index in [1.165, 1.54) is 5.56 Å². The van der Waals surface area contributed by atoms with Gasteiger partial charge in [-0.3, -0.25) is 0 Å². The highest BCUT2D eigenvalue weighted by atomic mass is 35.5. The Hall–Kier alpha value is -1.32. The zero-order chi connectivity index (χ0) is 13.1. The van der Waals surface area contributed by atoms with E-state index < -0.39 is 0 Å².